The highest BCUT2D eigenvalue weighted by atomic mass is 35.5. The van der Waals surface area contributed by atoms with Crippen molar-refractivity contribution in [3.05, 3.63) is 52.6 Å². The summed E-state index contributed by atoms with van der Waals surface area (Å²) in [5.74, 6) is -1.17. The third-order valence-electron chi connectivity index (χ3n) is 3.14. The molecule has 7 heteroatoms. The van der Waals surface area contributed by atoms with E-state index < -0.39 is 11.9 Å². The normalized spacial score (nSPS) is 11.3. The topological polar surface area (TPSA) is 81.4 Å². The van der Waals surface area contributed by atoms with Crippen molar-refractivity contribution in [2.75, 3.05) is 6.61 Å². The first-order valence-electron chi connectivity index (χ1n) is 6.83. The molecule has 23 heavy (non-hydrogen) atoms. The Kier molecular flexibility index (Phi) is 5.18. The second-order valence-corrected chi connectivity index (χ2v) is 5.06. The summed E-state index contributed by atoms with van der Waals surface area (Å²) in [6, 6.07) is 6.13. The first-order valence-corrected chi connectivity index (χ1v) is 7.21. The molecule has 1 heterocycles. The number of hydrogen-bond acceptors (Lipinski definition) is 4. The zero-order valence-electron chi connectivity index (χ0n) is 12.6. The lowest BCUT2D eigenvalue weighted by molar-refractivity contribution is -0.136. The van der Waals surface area contributed by atoms with Crippen molar-refractivity contribution in [3.8, 4) is 0 Å². The minimum absolute atomic E-state index is 0.167. The first kappa shape index (κ1) is 16.8. The SMILES string of the molecule is CCOC(=O)/C(=C/c1ccc(C(=O)O)cc1)c1ncc(Cl)n1C. The summed E-state index contributed by atoms with van der Waals surface area (Å²) in [6.45, 7) is 1.94. The second-order valence-electron chi connectivity index (χ2n) is 4.67. The van der Waals surface area contributed by atoms with E-state index in [9.17, 15) is 9.59 Å². The lowest BCUT2D eigenvalue weighted by atomic mass is 10.1. The number of aromatic nitrogens is 2. The number of carbonyl (C=O) groups is 2. The fourth-order valence-corrected chi connectivity index (χ4v) is 2.08. The molecule has 2 rings (SSSR count). The Morgan fingerprint density at radius 3 is 2.48 bits per heavy atom. The summed E-state index contributed by atoms with van der Waals surface area (Å²) in [5, 5.41) is 9.30. The molecule has 0 saturated heterocycles. The zero-order chi connectivity index (χ0) is 17.0. The van der Waals surface area contributed by atoms with Gasteiger partial charge in [0.05, 0.1) is 18.4 Å². The molecular formula is C16H15ClN2O4. The van der Waals surface area contributed by atoms with Crippen LogP contribution in [0.1, 0.15) is 28.7 Å². The number of rotatable bonds is 5. The summed E-state index contributed by atoms with van der Waals surface area (Å²) in [7, 11) is 1.69. The number of carboxylic acid groups (broad SMARTS) is 1. The zero-order valence-corrected chi connectivity index (χ0v) is 13.4. The van der Waals surface area contributed by atoms with E-state index in [1.807, 2.05) is 0 Å². The molecular weight excluding hydrogens is 320 g/mol. The number of imidazole rings is 1. The number of halogens is 1. The van der Waals surface area contributed by atoms with Gasteiger partial charge in [0.2, 0.25) is 0 Å². The van der Waals surface area contributed by atoms with Gasteiger partial charge in [0.15, 0.2) is 0 Å². The third-order valence-corrected chi connectivity index (χ3v) is 3.49. The quantitative estimate of drug-likeness (QED) is 0.671. The molecule has 0 bridgehead atoms. The highest BCUT2D eigenvalue weighted by Gasteiger charge is 2.19. The van der Waals surface area contributed by atoms with Gasteiger partial charge in [0.25, 0.3) is 0 Å². The number of carbonyl (C=O) groups excluding carboxylic acids is 1. The van der Waals surface area contributed by atoms with E-state index in [0.717, 1.165) is 0 Å². The van der Waals surface area contributed by atoms with E-state index in [0.29, 0.717) is 16.5 Å². The number of ether oxygens (including phenoxy) is 1. The Balaban J connectivity index is 2.46. The van der Waals surface area contributed by atoms with Crippen molar-refractivity contribution in [1.29, 1.82) is 0 Å². The fraction of sp³-hybridized carbons (Fsp3) is 0.188. The maximum absolute atomic E-state index is 12.2. The molecule has 120 valence electrons. The molecule has 0 unspecified atom stereocenters. The number of nitrogens with zero attached hydrogens (tertiary/aromatic N) is 2. The average Bonchev–Trinajstić information content (AvgIpc) is 2.85. The molecule has 6 nitrogen and oxygen atoms in total. The van der Waals surface area contributed by atoms with Crippen molar-refractivity contribution in [2.24, 2.45) is 7.05 Å². The maximum atomic E-state index is 12.2. The van der Waals surface area contributed by atoms with Crippen LogP contribution in [-0.2, 0) is 16.6 Å². The number of benzene rings is 1. The van der Waals surface area contributed by atoms with Gasteiger partial charge in [-0.3, -0.25) is 0 Å². The van der Waals surface area contributed by atoms with Gasteiger partial charge in [-0.15, -0.1) is 0 Å². The van der Waals surface area contributed by atoms with Gasteiger partial charge in [-0.2, -0.15) is 0 Å². The molecule has 0 radical (unpaired) electrons. The number of aromatic carboxylic acids is 1. The van der Waals surface area contributed by atoms with E-state index in [-0.39, 0.29) is 17.7 Å². The van der Waals surface area contributed by atoms with E-state index in [1.165, 1.54) is 18.3 Å². The number of esters is 1. The monoisotopic (exact) mass is 334 g/mol. The summed E-state index contributed by atoms with van der Waals surface area (Å²) in [4.78, 5) is 27.2. The number of hydrogen-bond donors (Lipinski definition) is 1. The van der Waals surface area contributed by atoms with Crippen LogP contribution < -0.4 is 0 Å². The van der Waals surface area contributed by atoms with Crippen LogP contribution in [0.2, 0.25) is 5.15 Å². The van der Waals surface area contributed by atoms with Crippen LogP contribution in [-0.4, -0.2) is 33.2 Å². The summed E-state index contributed by atoms with van der Waals surface area (Å²) < 4.78 is 6.62. The molecule has 1 aromatic heterocycles. The van der Waals surface area contributed by atoms with Crippen LogP contribution in [0.3, 0.4) is 0 Å². The molecule has 0 aliphatic heterocycles. The predicted molar refractivity (Wildman–Crippen MR) is 86.1 cm³/mol. The third kappa shape index (κ3) is 3.78. The van der Waals surface area contributed by atoms with E-state index in [4.69, 9.17) is 21.4 Å². The van der Waals surface area contributed by atoms with Crippen LogP contribution in [0.4, 0.5) is 0 Å². The van der Waals surface area contributed by atoms with Gasteiger partial charge < -0.3 is 14.4 Å². The van der Waals surface area contributed by atoms with E-state index in [2.05, 4.69) is 4.98 Å². The van der Waals surface area contributed by atoms with Gasteiger partial charge in [0, 0.05) is 7.05 Å². The molecule has 0 spiro atoms. The highest BCUT2D eigenvalue weighted by Crippen LogP contribution is 2.22. The summed E-state index contributed by atoms with van der Waals surface area (Å²) in [5.41, 5.74) is 1.06. The lowest BCUT2D eigenvalue weighted by Gasteiger charge is -2.08. The molecule has 1 aromatic carbocycles. The standard InChI is InChI=1S/C16H15ClN2O4/c1-3-23-16(22)12(14-18-9-13(17)19(14)2)8-10-4-6-11(7-5-10)15(20)21/h4-9H,3H2,1-2H3,(H,20,21)/b12-8+. The Morgan fingerprint density at radius 2 is 2.00 bits per heavy atom. The number of carboxylic acids is 1. The minimum atomic E-state index is -1.01. The van der Waals surface area contributed by atoms with Crippen LogP contribution in [0.15, 0.2) is 30.5 Å². The van der Waals surface area contributed by atoms with Crippen molar-refractivity contribution in [2.45, 2.75) is 6.92 Å². The van der Waals surface area contributed by atoms with Gasteiger partial charge in [-0.05, 0) is 30.7 Å². The Bertz CT molecular complexity index is 763. The lowest BCUT2D eigenvalue weighted by Crippen LogP contribution is -2.10. The first-order chi connectivity index (χ1) is 10.9. The van der Waals surface area contributed by atoms with Crippen LogP contribution in [0.25, 0.3) is 11.6 Å². The van der Waals surface area contributed by atoms with Gasteiger partial charge >= 0.3 is 11.9 Å². The molecule has 0 aliphatic carbocycles. The molecule has 1 N–H and O–H groups in total. The summed E-state index contributed by atoms with van der Waals surface area (Å²) >= 11 is 5.97. The van der Waals surface area contributed by atoms with Crippen molar-refractivity contribution >= 4 is 35.2 Å². The van der Waals surface area contributed by atoms with Crippen molar-refractivity contribution < 1.29 is 19.4 Å². The molecule has 2 aromatic rings. The minimum Gasteiger partial charge on any atom is -0.478 e. The van der Waals surface area contributed by atoms with Crippen LogP contribution >= 0.6 is 11.6 Å². The van der Waals surface area contributed by atoms with Gasteiger partial charge in [-0.25, -0.2) is 14.6 Å². The average molecular weight is 335 g/mol. The molecule has 0 fully saturated rings. The summed E-state index contributed by atoms with van der Waals surface area (Å²) in [6.07, 6.45) is 3.03. The van der Waals surface area contributed by atoms with Gasteiger partial charge in [0.1, 0.15) is 16.6 Å². The van der Waals surface area contributed by atoms with Crippen LogP contribution in [0.5, 0.6) is 0 Å². The van der Waals surface area contributed by atoms with Gasteiger partial charge in [-0.1, -0.05) is 23.7 Å². The second kappa shape index (κ2) is 7.11. The molecule has 0 atom stereocenters. The van der Waals surface area contributed by atoms with Crippen molar-refractivity contribution in [3.63, 3.8) is 0 Å². The van der Waals surface area contributed by atoms with E-state index in [1.54, 1.807) is 36.7 Å². The largest absolute Gasteiger partial charge is 0.478 e. The van der Waals surface area contributed by atoms with Crippen LogP contribution in [0, 0.1) is 0 Å². The van der Waals surface area contributed by atoms with Crippen molar-refractivity contribution in [1.82, 2.24) is 9.55 Å². The molecule has 0 aliphatic rings. The smallest absolute Gasteiger partial charge is 0.341 e. The molecule has 0 saturated carbocycles. The Hall–Kier alpha value is -2.60. The van der Waals surface area contributed by atoms with E-state index >= 15 is 0 Å². The Labute approximate surface area is 138 Å². The predicted octanol–water partition coefficient (Wildman–Crippen LogP) is 2.88. The fourth-order valence-electron chi connectivity index (χ4n) is 1.95. The highest BCUT2D eigenvalue weighted by molar-refractivity contribution is 6.30. The molecule has 0 amide bonds. The Morgan fingerprint density at radius 1 is 1.35 bits per heavy atom. The maximum Gasteiger partial charge on any atom is 0.341 e.